The first-order chi connectivity index (χ1) is 21.4. The molecule has 0 aliphatic carbocycles. The molecule has 1 saturated heterocycles. The van der Waals surface area contributed by atoms with Gasteiger partial charge >= 0.3 is 5.97 Å². The van der Waals surface area contributed by atoms with Crippen molar-refractivity contribution < 1.29 is 32.6 Å². The van der Waals surface area contributed by atoms with Gasteiger partial charge in [0.15, 0.2) is 0 Å². The van der Waals surface area contributed by atoms with Gasteiger partial charge in [0, 0.05) is 50.4 Å². The molecule has 0 spiro atoms. The SMILES string of the molecule is Cc1cc(C)c(S(=O)(=O)NC[C@@H](CNC(=O)CO[C@@H]2C[C@@H](CNC3CC=CC=N3)N(C(=O)c3ccccc3)C2)C(=O)O)c(C)c1. The van der Waals surface area contributed by atoms with E-state index in [0.29, 0.717) is 36.2 Å². The second-order valence-electron chi connectivity index (χ2n) is 11.5. The van der Waals surface area contributed by atoms with Gasteiger partial charge in [0.1, 0.15) is 12.8 Å². The van der Waals surface area contributed by atoms with Crippen LogP contribution < -0.4 is 15.4 Å². The minimum Gasteiger partial charge on any atom is -0.481 e. The lowest BCUT2D eigenvalue weighted by Crippen LogP contribution is -2.44. The number of aliphatic carboxylic acids is 1. The van der Waals surface area contributed by atoms with Crippen molar-refractivity contribution in [3.05, 3.63) is 76.9 Å². The van der Waals surface area contributed by atoms with E-state index in [0.717, 1.165) is 12.0 Å². The molecule has 0 bridgehead atoms. The van der Waals surface area contributed by atoms with Gasteiger partial charge in [-0.3, -0.25) is 24.7 Å². The van der Waals surface area contributed by atoms with Crippen LogP contribution in [-0.2, 0) is 24.3 Å². The normalized spacial score (nSPS) is 20.2. The maximum absolute atomic E-state index is 13.3. The van der Waals surface area contributed by atoms with Gasteiger partial charge in [-0.15, -0.1) is 0 Å². The number of carboxylic acids is 1. The van der Waals surface area contributed by atoms with Crippen LogP contribution in [0.5, 0.6) is 0 Å². The molecule has 0 radical (unpaired) electrons. The molecular weight excluding hydrogens is 598 g/mol. The Balaban J connectivity index is 1.30. The number of likely N-dealkylation sites (tertiary alicyclic amines) is 1. The van der Waals surface area contributed by atoms with Crippen LogP contribution in [0.1, 0.15) is 39.9 Å². The van der Waals surface area contributed by atoms with Crippen molar-refractivity contribution >= 4 is 34.0 Å². The molecule has 45 heavy (non-hydrogen) atoms. The van der Waals surface area contributed by atoms with Crippen LogP contribution in [-0.4, -0.2) is 93.5 Å². The molecule has 2 aliphatic rings. The number of aliphatic imine (C=N–C) groups is 1. The van der Waals surface area contributed by atoms with E-state index in [1.54, 1.807) is 61.4 Å². The third-order valence-corrected chi connectivity index (χ3v) is 9.56. The van der Waals surface area contributed by atoms with Crippen molar-refractivity contribution in [3.63, 3.8) is 0 Å². The lowest BCUT2D eigenvalue weighted by molar-refractivity contribution is -0.141. The number of rotatable bonds is 14. The Kier molecular flexibility index (Phi) is 11.6. The quantitative estimate of drug-likeness (QED) is 0.244. The van der Waals surface area contributed by atoms with Gasteiger partial charge in [-0.1, -0.05) is 42.0 Å². The number of hydrogen-bond acceptors (Lipinski definition) is 8. The molecule has 1 unspecified atom stereocenters. The van der Waals surface area contributed by atoms with Crippen LogP contribution in [0, 0.1) is 26.7 Å². The highest BCUT2D eigenvalue weighted by Gasteiger charge is 2.36. The molecule has 4 atom stereocenters. The van der Waals surface area contributed by atoms with E-state index in [1.165, 1.54) is 0 Å². The zero-order valence-electron chi connectivity index (χ0n) is 25.7. The van der Waals surface area contributed by atoms with Crippen LogP contribution in [0.25, 0.3) is 0 Å². The Hall–Kier alpha value is -3.91. The molecule has 0 aromatic heterocycles. The second-order valence-corrected chi connectivity index (χ2v) is 13.2. The molecule has 4 N–H and O–H groups in total. The van der Waals surface area contributed by atoms with E-state index in [2.05, 4.69) is 20.3 Å². The average Bonchev–Trinajstić information content (AvgIpc) is 3.41. The third kappa shape index (κ3) is 9.30. The van der Waals surface area contributed by atoms with Crippen molar-refractivity contribution in [1.82, 2.24) is 20.3 Å². The van der Waals surface area contributed by atoms with Gasteiger partial charge in [0.25, 0.3) is 5.91 Å². The van der Waals surface area contributed by atoms with Gasteiger partial charge in [0.2, 0.25) is 15.9 Å². The molecule has 242 valence electrons. The summed E-state index contributed by atoms with van der Waals surface area (Å²) in [7, 11) is -3.98. The lowest BCUT2D eigenvalue weighted by Gasteiger charge is -2.26. The number of nitrogens with zero attached hydrogens (tertiary/aromatic N) is 2. The third-order valence-electron chi connectivity index (χ3n) is 7.83. The van der Waals surface area contributed by atoms with Crippen LogP contribution in [0.3, 0.4) is 0 Å². The molecule has 2 heterocycles. The Labute approximate surface area is 264 Å². The Morgan fingerprint density at radius 1 is 1.09 bits per heavy atom. The summed E-state index contributed by atoms with van der Waals surface area (Å²) in [4.78, 5) is 44.1. The van der Waals surface area contributed by atoms with E-state index < -0.39 is 40.5 Å². The van der Waals surface area contributed by atoms with E-state index in [1.807, 2.05) is 25.1 Å². The van der Waals surface area contributed by atoms with E-state index >= 15 is 0 Å². The molecule has 2 aromatic carbocycles. The van der Waals surface area contributed by atoms with Crippen LogP contribution >= 0.6 is 0 Å². The zero-order chi connectivity index (χ0) is 32.6. The smallest absolute Gasteiger partial charge is 0.309 e. The predicted octanol–water partition coefficient (Wildman–Crippen LogP) is 1.95. The molecule has 2 aliphatic heterocycles. The zero-order valence-corrected chi connectivity index (χ0v) is 26.5. The first-order valence-electron chi connectivity index (χ1n) is 14.9. The monoisotopic (exact) mass is 639 g/mol. The second kappa shape index (κ2) is 15.4. The molecule has 12 nitrogen and oxygen atoms in total. The molecule has 4 rings (SSSR count). The number of carbonyl (C=O) groups is 3. The number of benzene rings is 2. The van der Waals surface area contributed by atoms with Crippen molar-refractivity contribution in [2.45, 2.75) is 56.8 Å². The predicted molar refractivity (Wildman–Crippen MR) is 170 cm³/mol. The van der Waals surface area contributed by atoms with E-state index in [4.69, 9.17) is 4.74 Å². The molecule has 1 fully saturated rings. The van der Waals surface area contributed by atoms with Gasteiger partial charge in [0.05, 0.1) is 16.9 Å². The van der Waals surface area contributed by atoms with E-state index in [9.17, 15) is 27.9 Å². The number of carboxylic acid groups (broad SMARTS) is 1. The molecular formula is C32H41N5O7S. The highest BCUT2D eigenvalue weighted by Crippen LogP contribution is 2.24. The number of sulfonamides is 1. The standard InChI is InChI=1S/C32H41N5O7S/c1-21-13-22(2)30(23(3)14-21)45(42,43)36-17-25(32(40)41)16-35-29(38)20-44-27-15-26(18-34-28-11-7-8-12-33-28)37(19-27)31(39)24-9-5-4-6-10-24/h4-10,12-14,25-28,34,36H,11,15-20H2,1-3H3,(H,35,38)(H,40,41)/t25-,26+,27-,28?/m1/s1. The summed E-state index contributed by atoms with van der Waals surface area (Å²) in [6.45, 7) is 4.99. The number of allylic oxidation sites excluding steroid dienone is 1. The van der Waals surface area contributed by atoms with Gasteiger partial charge in [-0.2, -0.15) is 0 Å². The fraction of sp³-hybridized carbons (Fsp3) is 0.438. The number of hydrogen-bond donors (Lipinski definition) is 4. The maximum Gasteiger partial charge on any atom is 0.309 e. The van der Waals surface area contributed by atoms with Crippen LogP contribution in [0.15, 0.2) is 64.5 Å². The first-order valence-corrected chi connectivity index (χ1v) is 16.4. The number of aryl methyl sites for hydroxylation is 3. The molecule has 13 heteroatoms. The summed E-state index contributed by atoms with van der Waals surface area (Å²) in [6.07, 6.45) is 6.41. The van der Waals surface area contributed by atoms with Crippen molar-refractivity contribution in [1.29, 1.82) is 0 Å². The summed E-state index contributed by atoms with van der Waals surface area (Å²) in [5.74, 6) is -3.13. The van der Waals surface area contributed by atoms with Gasteiger partial charge < -0.3 is 20.1 Å². The van der Waals surface area contributed by atoms with Crippen molar-refractivity contribution in [2.75, 3.05) is 32.8 Å². The lowest BCUT2D eigenvalue weighted by atomic mass is 10.1. The summed E-state index contributed by atoms with van der Waals surface area (Å²) in [5, 5.41) is 15.6. The Morgan fingerprint density at radius 2 is 1.80 bits per heavy atom. The molecule has 0 saturated carbocycles. The number of amides is 2. The fourth-order valence-electron chi connectivity index (χ4n) is 5.68. The summed E-state index contributed by atoms with van der Waals surface area (Å²) >= 11 is 0. The number of carbonyl (C=O) groups excluding carboxylic acids is 2. The maximum atomic E-state index is 13.3. The minimum absolute atomic E-state index is 0.0778. The topological polar surface area (TPSA) is 166 Å². The summed E-state index contributed by atoms with van der Waals surface area (Å²) in [6, 6.07) is 12.3. The fourth-order valence-corrected chi connectivity index (χ4v) is 7.21. The van der Waals surface area contributed by atoms with Gasteiger partial charge in [-0.25, -0.2) is 13.1 Å². The average molecular weight is 640 g/mol. The Bertz CT molecular complexity index is 1520. The molecule has 2 amide bonds. The highest BCUT2D eigenvalue weighted by atomic mass is 32.2. The largest absolute Gasteiger partial charge is 0.481 e. The Morgan fingerprint density at radius 3 is 2.44 bits per heavy atom. The van der Waals surface area contributed by atoms with Gasteiger partial charge in [-0.05, 0) is 56.5 Å². The van der Waals surface area contributed by atoms with Crippen LogP contribution in [0.4, 0.5) is 0 Å². The van der Waals surface area contributed by atoms with Crippen LogP contribution in [0.2, 0.25) is 0 Å². The summed E-state index contributed by atoms with van der Waals surface area (Å²) in [5.41, 5.74) is 2.60. The van der Waals surface area contributed by atoms with Crippen molar-refractivity contribution in [3.8, 4) is 0 Å². The minimum atomic E-state index is -3.98. The number of nitrogens with one attached hydrogen (secondary N) is 3. The number of ether oxygens (including phenoxy) is 1. The first kappa shape index (κ1) is 34.0. The summed E-state index contributed by atoms with van der Waals surface area (Å²) < 4.78 is 34.2. The molecule has 2 aromatic rings. The van der Waals surface area contributed by atoms with E-state index in [-0.39, 0.29) is 36.2 Å². The number of dihydropyridines is 1. The highest BCUT2D eigenvalue weighted by molar-refractivity contribution is 7.89. The van der Waals surface area contributed by atoms with Crippen molar-refractivity contribution in [2.24, 2.45) is 10.9 Å².